The molecule has 0 aliphatic carbocycles. The first kappa shape index (κ1) is 18.0. The van der Waals surface area contributed by atoms with Gasteiger partial charge in [-0.1, -0.05) is 29.8 Å². The molecule has 2 aromatic carbocycles. The third-order valence-corrected chi connectivity index (χ3v) is 5.42. The van der Waals surface area contributed by atoms with Crippen LogP contribution in [0.2, 0.25) is 0 Å². The van der Waals surface area contributed by atoms with Gasteiger partial charge >= 0.3 is 5.69 Å². The summed E-state index contributed by atoms with van der Waals surface area (Å²) in [5, 5.41) is 9.72. The maximum absolute atomic E-state index is 12.9. The van der Waals surface area contributed by atoms with Crippen LogP contribution >= 0.6 is 0 Å². The summed E-state index contributed by atoms with van der Waals surface area (Å²) >= 11 is 0. The van der Waals surface area contributed by atoms with Gasteiger partial charge in [-0.05, 0) is 31.2 Å². The fourth-order valence-electron chi connectivity index (χ4n) is 3.76. The lowest BCUT2D eigenvalue weighted by Gasteiger charge is -2.09. The molecular weight excluding hydrogens is 382 g/mol. The van der Waals surface area contributed by atoms with Crippen LogP contribution in [0.5, 0.6) is 5.75 Å². The third kappa shape index (κ3) is 2.43. The molecule has 0 fully saturated rings. The van der Waals surface area contributed by atoms with Crippen molar-refractivity contribution in [3.05, 3.63) is 81.1 Å². The van der Waals surface area contributed by atoms with E-state index < -0.39 is 11.2 Å². The van der Waals surface area contributed by atoms with Crippen LogP contribution < -0.4 is 11.2 Å². The van der Waals surface area contributed by atoms with Crippen molar-refractivity contribution in [2.24, 2.45) is 14.1 Å². The first-order valence-corrected chi connectivity index (χ1v) is 9.43. The Hall–Kier alpha value is -4.07. The van der Waals surface area contributed by atoms with E-state index in [1.807, 2.05) is 42.0 Å². The molecule has 0 aliphatic heterocycles. The summed E-state index contributed by atoms with van der Waals surface area (Å²) in [6.45, 7) is 2.02. The molecule has 0 unspecified atom stereocenters. The van der Waals surface area contributed by atoms with Gasteiger partial charge in [0.05, 0.1) is 5.69 Å². The summed E-state index contributed by atoms with van der Waals surface area (Å²) in [7, 11) is 3.06. The second-order valence-corrected chi connectivity index (χ2v) is 7.39. The molecule has 8 nitrogen and oxygen atoms in total. The van der Waals surface area contributed by atoms with Gasteiger partial charge in [0.15, 0.2) is 11.2 Å². The van der Waals surface area contributed by atoms with Gasteiger partial charge in [0.2, 0.25) is 5.78 Å². The van der Waals surface area contributed by atoms with Crippen molar-refractivity contribution in [3.8, 4) is 22.7 Å². The minimum absolute atomic E-state index is 0.156. The fourth-order valence-corrected chi connectivity index (χ4v) is 3.76. The Morgan fingerprint density at radius 1 is 0.900 bits per heavy atom. The molecule has 0 radical (unpaired) electrons. The number of benzene rings is 2. The molecule has 8 heteroatoms. The third-order valence-electron chi connectivity index (χ3n) is 5.42. The fraction of sp³-hybridized carbons (Fsp3) is 0.136. The zero-order valence-electron chi connectivity index (χ0n) is 16.7. The van der Waals surface area contributed by atoms with Crippen LogP contribution in [-0.4, -0.2) is 28.2 Å². The molecule has 30 heavy (non-hydrogen) atoms. The molecule has 0 saturated carbocycles. The number of nitrogens with zero attached hydrogens (tertiary/aromatic N) is 5. The van der Waals surface area contributed by atoms with Crippen LogP contribution in [0.25, 0.3) is 33.9 Å². The maximum atomic E-state index is 12.9. The van der Waals surface area contributed by atoms with Gasteiger partial charge in [0.1, 0.15) is 5.75 Å². The summed E-state index contributed by atoms with van der Waals surface area (Å²) in [5.74, 6) is 0.660. The topological polar surface area (TPSA) is 86.5 Å². The van der Waals surface area contributed by atoms with Crippen molar-refractivity contribution < 1.29 is 5.11 Å². The highest BCUT2D eigenvalue weighted by atomic mass is 16.3. The number of aromatic hydroxyl groups is 1. The normalized spacial score (nSPS) is 11.6. The quantitative estimate of drug-likeness (QED) is 0.492. The van der Waals surface area contributed by atoms with Crippen LogP contribution in [0.1, 0.15) is 5.56 Å². The summed E-state index contributed by atoms with van der Waals surface area (Å²) < 4.78 is 6.09. The Kier molecular flexibility index (Phi) is 3.73. The predicted molar refractivity (Wildman–Crippen MR) is 114 cm³/mol. The van der Waals surface area contributed by atoms with Crippen molar-refractivity contribution in [1.82, 2.24) is 23.1 Å². The average molecular weight is 401 g/mol. The summed E-state index contributed by atoms with van der Waals surface area (Å²) in [5.41, 5.74) is 3.52. The second kappa shape index (κ2) is 6.21. The number of fused-ring (bicyclic) bond motifs is 3. The number of phenolic OH excluding ortho intramolecular Hbond substituents is 1. The van der Waals surface area contributed by atoms with Gasteiger partial charge in [-0.25, -0.2) is 4.79 Å². The molecule has 0 spiro atoms. The van der Waals surface area contributed by atoms with E-state index in [0.29, 0.717) is 16.9 Å². The van der Waals surface area contributed by atoms with Crippen LogP contribution in [0.4, 0.5) is 0 Å². The lowest BCUT2D eigenvalue weighted by Crippen LogP contribution is -2.37. The molecule has 5 rings (SSSR count). The first-order valence-electron chi connectivity index (χ1n) is 9.43. The van der Waals surface area contributed by atoms with Crippen LogP contribution in [0, 0.1) is 6.92 Å². The van der Waals surface area contributed by atoms with E-state index in [4.69, 9.17) is 0 Å². The Balaban J connectivity index is 1.95. The summed E-state index contributed by atoms with van der Waals surface area (Å²) in [6.07, 6.45) is 1.86. The Labute approximate surface area is 170 Å². The molecule has 0 atom stereocenters. The highest BCUT2D eigenvalue weighted by Crippen LogP contribution is 2.29. The highest BCUT2D eigenvalue weighted by Gasteiger charge is 2.21. The molecule has 3 aromatic heterocycles. The van der Waals surface area contributed by atoms with E-state index in [-0.39, 0.29) is 5.75 Å². The lowest BCUT2D eigenvalue weighted by atomic mass is 10.1. The van der Waals surface area contributed by atoms with Gasteiger partial charge in [0, 0.05) is 31.5 Å². The maximum Gasteiger partial charge on any atom is 0.332 e. The van der Waals surface area contributed by atoms with E-state index in [9.17, 15) is 14.7 Å². The summed E-state index contributed by atoms with van der Waals surface area (Å²) in [4.78, 5) is 29.9. The minimum atomic E-state index is -0.428. The van der Waals surface area contributed by atoms with Gasteiger partial charge in [-0.2, -0.15) is 4.98 Å². The van der Waals surface area contributed by atoms with Crippen molar-refractivity contribution in [2.45, 2.75) is 6.92 Å². The van der Waals surface area contributed by atoms with Crippen molar-refractivity contribution in [1.29, 1.82) is 0 Å². The molecule has 3 heterocycles. The van der Waals surface area contributed by atoms with Crippen LogP contribution in [0.15, 0.2) is 64.3 Å². The Morgan fingerprint density at radius 3 is 2.23 bits per heavy atom. The van der Waals surface area contributed by atoms with E-state index >= 15 is 0 Å². The highest BCUT2D eigenvalue weighted by molar-refractivity contribution is 5.79. The van der Waals surface area contributed by atoms with E-state index in [1.54, 1.807) is 35.7 Å². The Bertz CT molecular complexity index is 1550. The number of hydrogen-bond acceptors (Lipinski definition) is 4. The molecular formula is C22H19N5O3. The number of hydrogen-bond donors (Lipinski definition) is 1. The van der Waals surface area contributed by atoms with Crippen LogP contribution in [0.3, 0.4) is 0 Å². The monoisotopic (exact) mass is 401 g/mol. The number of phenols is 1. The molecule has 0 aliphatic rings. The zero-order chi connectivity index (χ0) is 21.2. The number of imidazole rings is 2. The van der Waals surface area contributed by atoms with Gasteiger partial charge in [-0.15, -0.1) is 0 Å². The largest absolute Gasteiger partial charge is 0.508 e. The first-order chi connectivity index (χ1) is 14.4. The number of rotatable bonds is 2. The molecule has 1 N–H and O–H groups in total. The van der Waals surface area contributed by atoms with Gasteiger partial charge < -0.3 is 5.11 Å². The number of aryl methyl sites for hydroxylation is 2. The molecule has 150 valence electrons. The SMILES string of the molecule is Cc1ccc(-c2cn3c4c(=O)n(C)c(=O)n(C)c4nc3n2-c2ccc(O)cc2)cc1. The molecule has 5 aromatic rings. The Morgan fingerprint density at radius 2 is 1.57 bits per heavy atom. The smallest absolute Gasteiger partial charge is 0.332 e. The predicted octanol–water partition coefficient (Wildman–Crippen LogP) is 2.36. The minimum Gasteiger partial charge on any atom is -0.508 e. The standard InChI is InChI=1S/C22H19N5O3/c1-13-4-6-14(7-5-13)17-12-26-18-19(24(2)22(30)25(3)20(18)29)23-21(26)27(17)15-8-10-16(28)11-9-15/h4-12,28H,1-3H3. The van der Waals surface area contributed by atoms with Crippen molar-refractivity contribution in [3.63, 3.8) is 0 Å². The van der Waals surface area contributed by atoms with Gasteiger partial charge in [-0.3, -0.25) is 22.9 Å². The molecule has 0 saturated heterocycles. The lowest BCUT2D eigenvalue weighted by molar-refractivity contribution is 0.475. The molecule has 0 amide bonds. The van der Waals surface area contributed by atoms with Gasteiger partial charge in [0.25, 0.3) is 5.56 Å². The van der Waals surface area contributed by atoms with Crippen molar-refractivity contribution in [2.75, 3.05) is 0 Å². The molecule has 0 bridgehead atoms. The van der Waals surface area contributed by atoms with E-state index in [1.165, 1.54) is 11.6 Å². The zero-order valence-corrected chi connectivity index (χ0v) is 16.7. The average Bonchev–Trinajstić information content (AvgIpc) is 3.28. The van der Waals surface area contributed by atoms with Crippen molar-refractivity contribution >= 4 is 16.9 Å². The number of aromatic nitrogens is 5. The summed E-state index contributed by atoms with van der Waals surface area (Å²) in [6, 6.07) is 14.8. The van der Waals surface area contributed by atoms with E-state index in [2.05, 4.69) is 4.98 Å². The van der Waals surface area contributed by atoms with Crippen LogP contribution in [-0.2, 0) is 14.1 Å². The van der Waals surface area contributed by atoms with E-state index in [0.717, 1.165) is 27.1 Å². The second-order valence-electron chi connectivity index (χ2n) is 7.39.